The molecule has 2 atom stereocenters. The minimum absolute atomic E-state index is 0.0605. The molecule has 0 saturated heterocycles. The lowest BCUT2D eigenvalue weighted by Crippen LogP contribution is -2.55. The molecule has 0 bridgehead atoms. The summed E-state index contributed by atoms with van der Waals surface area (Å²) >= 11 is 0. The highest BCUT2D eigenvalue weighted by Crippen LogP contribution is 2.36. The van der Waals surface area contributed by atoms with Crippen molar-refractivity contribution in [3.05, 3.63) is 70.1 Å². The van der Waals surface area contributed by atoms with Gasteiger partial charge in [-0.15, -0.1) is 0 Å². The van der Waals surface area contributed by atoms with E-state index in [0.717, 1.165) is 19.3 Å². The molecule has 1 fully saturated rings. The van der Waals surface area contributed by atoms with Crippen molar-refractivity contribution in [1.82, 2.24) is 5.32 Å². The van der Waals surface area contributed by atoms with Crippen molar-refractivity contribution in [2.75, 3.05) is 19.8 Å². The number of nitrogens with one attached hydrogen (secondary N) is 1. The molecule has 2 aliphatic rings. The first-order chi connectivity index (χ1) is 18.4. The molecule has 0 unspecified atom stereocenters. The van der Waals surface area contributed by atoms with E-state index >= 15 is 0 Å². The molecule has 2 aromatic carbocycles. The van der Waals surface area contributed by atoms with Crippen LogP contribution in [0.4, 0.5) is 5.69 Å². The Labute approximate surface area is 222 Å². The number of azide groups is 1. The SMILES string of the molecule is C[C@H]1OC(c2ccc(OCCCO)cc2)=N[C@@]1(Cc1ccccc1N=[N+]=[N-])C(=O)NCC1(O)CCCCC1. The lowest BCUT2D eigenvalue weighted by Gasteiger charge is -2.34. The van der Waals surface area contributed by atoms with Gasteiger partial charge in [0, 0.05) is 42.2 Å². The Bertz CT molecular complexity index is 1190. The Balaban J connectivity index is 1.64. The molecule has 10 nitrogen and oxygen atoms in total. The first-order valence-electron chi connectivity index (χ1n) is 13.1. The zero-order valence-electron chi connectivity index (χ0n) is 21.7. The predicted octanol–water partition coefficient (Wildman–Crippen LogP) is 4.35. The van der Waals surface area contributed by atoms with Crippen LogP contribution in [0.5, 0.6) is 5.75 Å². The standard InChI is InChI=1S/C28H35N5O5/c1-20-28(18-22-8-3-4-9-24(22)32-33-29,26(35)30-19-27(36)14-5-2-6-15-27)31-25(38-20)21-10-12-23(13-11-21)37-17-7-16-34/h3-4,8-13,20,34,36H,2,5-7,14-19H2,1H3,(H,30,35)/t20-,28-/m1/s1. The second kappa shape index (κ2) is 12.3. The van der Waals surface area contributed by atoms with Crippen LogP contribution >= 0.6 is 0 Å². The summed E-state index contributed by atoms with van der Waals surface area (Å²) in [6, 6.07) is 14.3. The molecule has 1 amide bonds. The maximum atomic E-state index is 13.9. The second-order valence-corrected chi connectivity index (χ2v) is 10.0. The number of aliphatic hydroxyl groups is 2. The highest BCUT2D eigenvalue weighted by atomic mass is 16.5. The summed E-state index contributed by atoms with van der Waals surface area (Å²) in [7, 11) is 0. The van der Waals surface area contributed by atoms with Crippen molar-refractivity contribution < 1.29 is 24.5 Å². The molecule has 3 N–H and O–H groups in total. The van der Waals surface area contributed by atoms with E-state index in [1.807, 2.05) is 24.3 Å². The number of hydrogen-bond donors (Lipinski definition) is 3. The number of carbonyl (C=O) groups excluding carboxylic acids is 1. The maximum absolute atomic E-state index is 13.9. The van der Waals surface area contributed by atoms with Gasteiger partial charge >= 0.3 is 0 Å². The van der Waals surface area contributed by atoms with Crippen LogP contribution in [0.2, 0.25) is 0 Å². The molecule has 1 saturated carbocycles. The Morgan fingerprint density at radius 1 is 1.21 bits per heavy atom. The van der Waals surface area contributed by atoms with Gasteiger partial charge in [-0.05, 0) is 55.1 Å². The minimum atomic E-state index is -1.34. The van der Waals surface area contributed by atoms with Crippen LogP contribution < -0.4 is 10.1 Å². The number of benzene rings is 2. The monoisotopic (exact) mass is 521 g/mol. The van der Waals surface area contributed by atoms with Crippen molar-refractivity contribution in [1.29, 1.82) is 0 Å². The maximum Gasteiger partial charge on any atom is 0.252 e. The highest BCUT2D eigenvalue weighted by Gasteiger charge is 2.51. The number of amides is 1. The quantitative estimate of drug-likeness (QED) is 0.174. The molecular formula is C28H35N5O5. The van der Waals surface area contributed by atoms with Gasteiger partial charge < -0.3 is 25.0 Å². The van der Waals surface area contributed by atoms with Gasteiger partial charge in [-0.2, -0.15) is 0 Å². The molecule has 0 radical (unpaired) electrons. The van der Waals surface area contributed by atoms with E-state index < -0.39 is 17.2 Å². The van der Waals surface area contributed by atoms with E-state index in [-0.39, 0.29) is 25.5 Å². The van der Waals surface area contributed by atoms with Crippen LogP contribution in [0.1, 0.15) is 56.6 Å². The van der Waals surface area contributed by atoms with Gasteiger partial charge in [-0.25, -0.2) is 4.99 Å². The zero-order valence-corrected chi connectivity index (χ0v) is 21.7. The fourth-order valence-corrected chi connectivity index (χ4v) is 5.02. The van der Waals surface area contributed by atoms with Crippen molar-refractivity contribution in [2.45, 2.75) is 69.1 Å². The topological polar surface area (TPSA) is 149 Å². The van der Waals surface area contributed by atoms with Crippen LogP contribution in [0.15, 0.2) is 58.6 Å². The Kier molecular flexibility index (Phi) is 8.89. The molecule has 0 aromatic heterocycles. The van der Waals surface area contributed by atoms with Gasteiger partial charge in [0.05, 0.1) is 12.2 Å². The first kappa shape index (κ1) is 27.4. The fourth-order valence-electron chi connectivity index (χ4n) is 5.02. The average Bonchev–Trinajstić information content (AvgIpc) is 3.26. The van der Waals surface area contributed by atoms with Crippen molar-refractivity contribution in [2.24, 2.45) is 10.1 Å². The Hall–Kier alpha value is -3.59. The van der Waals surface area contributed by atoms with Gasteiger partial charge in [0.1, 0.15) is 11.9 Å². The number of hydrogen-bond acceptors (Lipinski definition) is 7. The summed E-state index contributed by atoms with van der Waals surface area (Å²) < 4.78 is 11.8. The lowest BCUT2D eigenvalue weighted by molar-refractivity contribution is -0.130. The third kappa shape index (κ3) is 6.27. The summed E-state index contributed by atoms with van der Waals surface area (Å²) in [5, 5.41) is 26.7. The van der Waals surface area contributed by atoms with Crippen molar-refractivity contribution >= 4 is 17.5 Å². The highest BCUT2D eigenvalue weighted by molar-refractivity contribution is 6.01. The summed E-state index contributed by atoms with van der Waals surface area (Å²) in [4.78, 5) is 21.6. The van der Waals surface area contributed by atoms with Gasteiger partial charge in [0.25, 0.3) is 5.91 Å². The third-order valence-electron chi connectivity index (χ3n) is 7.29. The molecule has 0 spiro atoms. The van der Waals surface area contributed by atoms with Crippen LogP contribution in [-0.4, -0.2) is 59.0 Å². The number of nitrogens with zero attached hydrogens (tertiary/aromatic N) is 4. The molecule has 2 aromatic rings. The zero-order chi connectivity index (χ0) is 27.0. The average molecular weight is 522 g/mol. The number of carbonyl (C=O) groups is 1. The van der Waals surface area contributed by atoms with Gasteiger partial charge in [0.15, 0.2) is 5.54 Å². The van der Waals surface area contributed by atoms with E-state index in [1.165, 1.54) is 0 Å². The molecule has 1 aliphatic carbocycles. The third-order valence-corrected chi connectivity index (χ3v) is 7.29. The summed E-state index contributed by atoms with van der Waals surface area (Å²) in [5.74, 6) is 0.632. The van der Waals surface area contributed by atoms with E-state index in [2.05, 4.69) is 15.3 Å². The lowest BCUT2D eigenvalue weighted by atomic mass is 9.83. The molecule has 10 heteroatoms. The van der Waals surface area contributed by atoms with Gasteiger partial charge in [0.2, 0.25) is 5.90 Å². The molecule has 38 heavy (non-hydrogen) atoms. The molecule has 1 heterocycles. The smallest absolute Gasteiger partial charge is 0.252 e. The Morgan fingerprint density at radius 2 is 1.95 bits per heavy atom. The predicted molar refractivity (Wildman–Crippen MR) is 143 cm³/mol. The summed E-state index contributed by atoms with van der Waals surface area (Å²) in [6.07, 6.45) is 4.30. The van der Waals surface area contributed by atoms with E-state index in [0.29, 0.717) is 54.3 Å². The molecular weight excluding hydrogens is 486 g/mol. The normalized spacial score (nSPS) is 22.1. The Morgan fingerprint density at radius 3 is 2.66 bits per heavy atom. The first-order valence-corrected chi connectivity index (χ1v) is 13.1. The number of ether oxygens (including phenoxy) is 2. The van der Waals surface area contributed by atoms with Crippen LogP contribution in [-0.2, 0) is 16.0 Å². The van der Waals surface area contributed by atoms with Crippen molar-refractivity contribution in [3.8, 4) is 5.75 Å². The van der Waals surface area contributed by atoms with Gasteiger partial charge in [-0.1, -0.05) is 48.6 Å². The minimum Gasteiger partial charge on any atom is -0.494 e. The largest absolute Gasteiger partial charge is 0.494 e. The van der Waals surface area contributed by atoms with E-state index in [4.69, 9.17) is 25.1 Å². The number of rotatable bonds is 11. The summed E-state index contributed by atoms with van der Waals surface area (Å²) in [5.41, 5.74) is 8.56. The number of aliphatic imine (C=N–C) groups is 1. The van der Waals surface area contributed by atoms with Crippen LogP contribution in [0.25, 0.3) is 10.4 Å². The fraction of sp³-hybridized carbons (Fsp3) is 0.500. The summed E-state index contributed by atoms with van der Waals surface area (Å²) in [6.45, 7) is 2.41. The van der Waals surface area contributed by atoms with Crippen LogP contribution in [0, 0.1) is 0 Å². The van der Waals surface area contributed by atoms with E-state index in [1.54, 1.807) is 31.2 Å². The van der Waals surface area contributed by atoms with Gasteiger partial charge in [-0.3, -0.25) is 4.79 Å². The number of aliphatic hydroxyl groups excluding tert-OH is 1. The van der Waals surface area contributed by atoms with E-state index in [9.17, 15) is 9.90 Å². The van der Waals surface area contributed by atoms with Crippen molar-refractivity contribution in [3.63, 3.8) is 0 Å². The molecule has 4 rings (SSSR count). The molecule has 1 aliphatic heterocycles. The van der Waals surface area contributed by atoms with Crippen LogP contribution in [0.3, 0.4) is 0 Å². The second-order valence-electron chi connectivity index (χ2n) is 10.0. The molecule has 202 valence electrons.